The van der Waals surface area contributed by atoms with Crippen molar-refractivity contribution < 1.29 is 23.8 Å². The molecule has 1 aromatic carbocycles. The molecule has 0 bridgehead atoms. The summed E-state index contributed by atoms with van der Waals surface area (Å²) >= 11 is 0. The van der Waals surface area contributed by atoms with Gasteiger partial charge in [-0.1, -0.05) is 6.42 Å². The van der Waals surface area contributed by atoms with Gasteiger partial charge >= 0.3 is 0 Å². The zero-order chi connectivity index (χ0) is 17.5. The lowest BCUT2D eigenvalue weighted by Gasteiger charge is -2.20. The highest BCUT2D eigenvalue weighted by atomic mass is 16.5. The van der Waals surface area contributed by atoms with E-state index in [4.69, 9.17) is 14.2 Å². The van der Waals surface area contributed by atoms with Crippen molar-refractivity contribution in [2.24, 2.45) is 0 Å². The average molecular weight is 336 g/mol. The summed E-state index contributed by atoms with van der Waals surface area (Å²) in [7, 11) is 4.54. The minimum atomic E-state index is -0.250. The second-order valence-corrected chi connectivity index (χ2v) is 5.59. The lowest BCUT2D eigenvalue weighted by molar-refractivity contribution is -0.134. The number of rotatable bonds is 6. The van der Waals surface area contributed by atoms with Crippen molar-refractivity contribution in [1.29, 1.82) is 0 Å². The first-order chi connectivity index (χ1) is 11.6. The number of nitrogens with zero attached hydrogens (tertiary/aromatic N) is 1. The van der Waals surface area contributed by atoms with Gasteiger partial charge in [0.05, 0.1) is 27.9 Å². The van der Waals surface area contributed by atoms with Crippen molar-refractivity contribution in [3.63, 3.8) is 0 Å². The van der Waals surface area contributed by atoms with E-state index >= 15 is 0 Å². The van der Waals surface area contributed by atoms with E-state index in [9.17, 15) is 9.59 Å². The van der Waals surface area contributed by atoms with Gasteiger partial charge in [-0.25, -0.2) is 0 Å². The van der Waals surface area contributed by atoms with E-state index in [2.05, 4.69) is 5.32 Å². The largest absolute Gasteiger partial charge is 0.493 e. The molecule has 1 aliphatic rings. The molecule has 1 N–H and O–H groups in total. The van der Waals surface area contributed by atoms with Crippen molar-refractivity contribution in [3.05, 3.63) is 12.1 Å². The Balaban J connectivity index is 2.09. The van der Waals surface area contributed by atoms with Crippen LogP contribution in [0.15, 0.2) is 12.1 Å². The minimum Gasteiger partial charge on any atom is -0.493 e. The van der Waals surface area contributed by atoms with E-state index < -0.39 is 0 Å². The summed E-state index contributed by atoms with van der Waals surface area (Å²) in [6.07, 6.45) is 3.36. The van der Waals surface area contributed by atoms with E-state index in [0.717, 1.165) is 19.3 Å². The van der Waals surface area contributed by atoms with Crippen molar-refractivity contribution in [3.8, 4) is 17.2 Å². The van der Waals surface area contributed by atoms with Crippen molar-refractivity contribution in [2.45, 2.75) is 25.7 Å². The van der Waals surface area contributed by atoms with Crippen LogP contribution in [0.4, 0.5) is 5.69 Å². The molecular formula is C17H24N2O5. The summed E-state index contributed by atoms with van der Waals surface area (Å²) in [4.78, 5) is 25.9. The molecule has 24 heavy (non-hydrogen) atoms. The van der Waals surface area contributed by atoms with E-state index in [1.165, 1.54) is 21.3 Å². The van der Waals surface area contributed by atoms with Crippen LogP contribution in [0.5, 0.6) is 17.2 Å². The molecular weight excluding hydrogens is 312 g/mol. The fourth-order valence-corrected chi connectivity index (χ4v) is 2.73. The van der Waals surface area contributed by atoms with Gasteiger partial charge in [0.15, 0.2) is 11.5 Å². The number of methoxy groups -OCH3 is 3. The Morgan fingerprint density at radius 1 is 1.08 bits per heavy atom. The second-order valence-electron chi connectivity index (χ2n) is 5.59. The first kappa shape index (κ1) is 17.9. The number of hydrogen-bond acceptors (Lipinski definition) is 5. The molecule has 0 spiro atoms. The Labute approximate surface area is 141 Å². The summed E-state index contributed by atoms with van der Waals surface area (Å²) in [6.45, 7) is 0.678. The zero-order valence-electron chi connectivity index (χ0n) is 14.4. The molecule has 2 rings (SSSR count). The van der Waals surface area contributed by atoms with Gasteiger partial charge in [-0.3, -0.25) is 9.59 Å². The lowest BCUT2D eigenvalue weighted by atomic mass is 10.2. The fourth-order valence-electron chi connectivity index (χ4n) is 2.73. The van der Waals surface area contributed by atoms with Gasteiger partial charge in [0.25, 0.3) is 0 Å². The Morgan fingerprint density at radius 2 is 1.75 bits per heavy atom. The van der Waals surface area contributed by atoms with Crippen molar-refractivity contribution in [1.82, 2.24) is 4.90 Å². The smallest absolute Gasteiger partial charge is 0.244 e. The SMILES string of the molecule is COc1cc(NC(=O)CN2CCCCCC2=O)cc(OC)c1OC. The molecule has 132 valence electrons. The van der Waals surface area contributed by atoms with Gasteiger partial charge in [-0.2, -0.15) is 0 Å². The van der Waals surface area contributed by atoms with Crippen LogP contribution in [0.3, 0.4) is 0 Å². The highest BCUT2D eigenvalue weighted by Gasteiger charge is 2.20. The molecule has 0 aliphatic carbocycles. The molecule has 7 heteroatoms. The summed E-state index contributed by atoms with van der Waals surface area (Å²) in [5.74, 6) is 1.16. The van der Waals surface area contributed by atoms with Crippen LogP contribution in [-0.4, -0.2) is 51.1 Å². The summed E-state index contributed by atoms with van der Waals surface area (Å²) in [5.41, 5.74) is 0.525. The topological polar surface area (TPSA) is 77.1 Å². The van der Waals surface area contributed by atoms with Crippen LogP contribution in [0.25, 0.3) is 0 Å². The van der Waals surface area contributed by atoms with Crippen molar-refractivity contribution in [2.75, 3.05) is 39.7 Å². The third-order valence-corrected chi connectivity index (χ3v) is 3.95. The molecule has 1 heterocycles. The third kappa shape index (κ3) is 4.31. The van der Waals surface area contributed by atoms with Crippen LogP contribution < -0.4 is 19.5 Å². The predicted octanol–water partition coefficient (Wildman–Crippen LogP) is 2.05. The maximum Gasteiger partial charge on any atom is 0.244 e. The number of nitrogens with one attached hydrogen (secondary N) is 1. The Morgan fingerprint density at radius 3 is 2.33 bits per heavy atom. The monoisotopic (exact) mass is 336 g/mol. The van der Waals surface area contributed by atoms with E-state index in [0.29, 0.717) is 35.9 Å². The van der Waals surface area contributed by atoms with Gasteiger partial charge in [0.1, 0.15) is 0 Å². The zero-order valence-corrected chi connectivity index (χ0v) is 14.4. The fraction of sp³-hybridized carbons (Fsp3) is 0.529. The highest BCUT2D eigenvalue weighted by molar-refractivity contribution is 5.95. The minimum absolute atomic E-state index is 0.0348. The number of benzene rings is 1. The standard InChI is InChI=1S/C17H24N2O5/c1-22-13-9-12(10-14(23-2)17(13)24-3)18-15(20)11-19-8-6-4-5-7-16(19)21/h9-10H,4-8,11H2,1-3H3,(H,18,20). The number of carbonyl (C=O) groups excluding carboxylic acids is 2. The normalized spacial score (nSPS) is 14.8. The molecule has 0 saturated carbocycles. The maximum absolute atomic E-state index is 12.3. The molecule has 2 amide bonds. The second kappa shape index (κ2) is 8.42. The van der Waals surface area contributed by atoms with E-state index in [1.807, 2.05) is 0 Å². The first-order valence-corrected chi connectivity index (χ1v) is 7.96. The summed E-state index contributed by atoms with van der Waals surface area (Å²) in [6, 6.07) is 3.31. The van der Waals surface area contributed by atoms with Gasteiger partial charge in [-0.15, -0.1) is 0 Å². The number of likely N-dealkylation sites (tertiary alicyclic amines) is 1. The maximum atomic E-state index is 12.3. The first-order valence-electron chi connectivity index (χ1n) is 7.96. The van der Waals surface area contributed by atoms with E-state index in [1.54, 1.807) is 17.0 Å². The van der Waals surface area contributed by atoms with Crippen LogP contribution in [-0.2, 0) is 9.59 Å². The number of anilines is 1. The van der Waals surface area contributed by atoms with Gasteiger partial charge < -0.3 is 24.4 Å². The van der Waals surface area contributed by atoms with Crippen LogP contribution in [0.1, 0.15) is 25.7 Å². The molecule has 1 saturated heterocycles. The van der Waals surface area contributed by atoms with Crippen molar-refractivity contribution >= 4 is 17.5 Å². The number of carbonyl (C=O) groups is 2. The Bertz CT molecular complexity index is 578. The highest BCUT2D eigenvalue weighted by Crippen LogP contribution is 2.39. The number of ether oxygens (including phenoxy) is 3. The summed E-state index contributed by atoms with van der Waals surface area (Å²) < 4.78 is 15.8. The quantitative estimate of drug-likeness (QED) is 0.860. The number of amides is 2. The lowest BCUT2D eigenvalue weighted by Crippen LogP contribution is -2.37. The summed E-state index contributed by atoms with van der Waals surface area (Å²) in [5, 5.41) is 2.78. The predicted molar refractivity (Wildman–Crippen MR) is 89.8 cm³/mol. The van der Waals surface area contributed by atoms with Gasteiger partial charge in [0.2, 0.25) is 17.6 Å². The van der Waals surface area contributed by atoms with Crippen LogP contribution in [0, 0.1) is 0 Å². The molecule has 0 unspecified atom stereocenters. The Kier molecular flexibility index (Phi) is 6.28. The third-order valence-electron chi connectivity index (χ3n) is 3.95. The molecule has 0 radical (unpaired) electrons. The van der Waals surface area contributed by atoms with Gasteiger partial charge in [0, 0.05) is 30.8 Å². The molecule has 1 fully saturated rings. The molecule has 0 aromatic heterocycles. The Hall–Kier alpha value is -2.44. The molecule has 0 atom stereocenters. The van der Waals surface area contributed by atoms with Crippen LogP contribution in [0.2, 0.25) is 0 Å². The molecule has 1 aliphatic heterocycles. The van der Waals surface area contributed by atoms with Crippen LogP contribution >= 0.6 is 0 Å². The molecule has 7 nitrogen and oxygen atoms in total. The van der Waals surface area contributed by atoms with E-state index in [-0.39, 0.29) is 18.4 Å². The number of hydrogen-bond donors (Lipinski definition) is 1. The molecule has 1 aromatic rings. The van der Waals surface area contributed by atoms with Gasteiger partial charge in [-0.05, 0) is 12.8 Å². The average Bonchev–Trinajstić information content (AvgIpc) is 2.78.